The highest BCUT2D eigenvalue weighted by atomic mass is 32.2. The fraction of sp³-hybridized carbons (Fsp3) is 0.0556. The minimum Gasteiger partial charge on any atom is -0.481 e. The van der Waals surface area contributed by atoms with Crippen LogP contribution in [0.5, 0.6) is 0 Å². The highest BCUT2D eigenvalue weighted by Crippen LogP contribution is 2.07. The van der Waals surface area contributed by atoms with Crippen LogP contribution in [-0.4, -0.2) is 19.5 Å². The van der Waals surface area contributed by atoms with Crippen LogP contribution in [0.2, 0.25) is 0 Å². The van der Waals surface area contributed by atoms with Crippen LogP contribution < -0.4 is 0 Å². The second-order valence-electron chi connectivity index (χ2n) is 4.53. The highest BCUT2D eigenvalue weighted by Gasteiger charge is 1.99. The second-order valence-corrected chi connectivity index (χ2v) is 6.26. The van der Waals surface area contributed by atoms with Gasteiger partial charge in [0.2, 0.25) is 0 Å². The van der Waals surface area contributed by atoms with Crippen LogP contribution in [0.25, 0.3) is 12.2 Å². The van der Waals surface area contributed by atoms with Crippen LogP contribution in [-0.2, 0) is 14.6 Å². The van der Waals surface area contributed by atoms with Crippen molar-refractivity contribution in [3.05, 3.63) is 82.6 Å². The Labute approximate surface area is 136 Å². The summed E-state index contributed by atoms with van der Waals surface area (Å²) in [5.41, 5.74) is 1.72. The third kappa shape index (κ3) is 9.06. The first-order chi connectivity index (χ1) is 10.9. The highest BCUT2D eigenvalue weighted by molar-refractivity contribution is 7.97. The normalized spacial score (nSPS) is 11.2. The molecule has 0 radical (unpaired) electrons. The molecule has 2 aromatic rings. The number of hydrogen-bond acceptors (Lipinski definition) is 3. The van der Waals surface area contributed by atoms with Crippen LogP contribution in [0.4, 0.5) is 0 Å². The van der Waals surface area contributed by atoms with E-state index in [0.29, 0.717) is 0 Å². The van der Waals surface area contributed by atoms with Crippen molar-refractivity contribution in [1.29, 1.82) is 0 Å². The van der Waals surface area contributed by atoms with Gasteiger partial charge < -0.3 is 5.11 Å². The lowest BCUT2D eigenvalue weighted by molar-refractivity contribution is -0.134. The summed E-state index contributed by atoms with van der Waals surface area (Å²) in [6.07, 6.45) is 3.18. The number of carbonyl (C=O) groups is 1. The molecule has 0 fully saturated rings. The summed E-state index contributed by atoms with van der Waals surface area (Å²) in [6, 6.07) is 18.7. The van der Waals surface area contributed by atoms with Gasteiger partial charge in [-0.3, -0.25) is 4.79 Å². The fourth-order valence-corrected chi connectivity index (χ4v) is 2.30. The molecular formula is C18H18O4S. The zero-order valence-corrected chi connectivity index (χ0v) is 13.5. The topological polar surface area (TPSA) is 71.4 Å². The van der Waals surface area contributed by atoms with Crippen LogP contribution in [0, 0.1) is 0 Å². The first-order valence-electron chi connectivity index (χ1n) is 6.80. The lowest BCUT2D eigenvalue weighted by Gasteiger charge is -1.93. The van der Waals surface area contributed by atoms with Crippen molar-refractivity contribution in [1.82, 2.24) is 0 Å². The van der Waals surface area contributed by atoms with Crippen molar-refractivity contribution in [2.75, 3.05) is 0 Å². The SMILES string of the molecule is CC(=O)O.O=S(=O)(/C=C\c1ccccc1)/C=C\c1ccccc1. The van der Waals surface area contributed by atoms with Gasteiger partial charge in [0.05, 0.1) is 0 Å². The summed E-state index contributed by atoms with van der Waals surface area (Å²) in [4.78, 5) is 9.00. The molecule has 2 aromatic carbocycles. The average molecular weight is 330 g/mol. The summed E-state index contributed by atoms with van der Waals surface area (Å²) < 4.78 is 23.6. The average Bonchev–Trinajstić information content (AvgIpc) is 2.53. The first-order valence-corrected chi connectivity index (χ1v) is 8.41. The molecule has 0 atom stereocenters. The van der Waals surface area contributed by atoms with Gasteiger partial charge in [0.1, 0.15) is 0 Å². The maximum Gasteiger partial charge on any atom is 0.300 e. The van der Waals surface area contributed by atoms with Crippen LogP contribution in [0.3, 0.4) is 0 Å². The predicted molar refractivity (Wildman–Crippen MR) is 93.2 cm³/mol. The van der Waals surface area contributed by atoms with E-state index in [-0.39, 0.29) is 0 Å². The molecule has 0 aliphatic carbocycles. The lowest BCUT2D eigenvalue weighted by Crippen LogP contribution is -1.87. The van der Waals surface area contributed by atoms with Gasteiger partial charge in [0.25, 0.3) is 5.97 Å². The quantitative estimate of drug-likeness (QED) is 0.924. The molecule has 0 amide bonds. The Morgan fingerprint density at radius 1 is 0.826 bits per heavy atom. The largest absolute Gasteiger partial charge is 0.481 e. The maximum absolute atomic E-state index is 11.8. The van der Waals surface area contributed by atoms with Crippen LogP contribution >= 0.6 is 0 Å². The number of benzene rings is 2. The number of rotatable bonds is 4. The molecule has 0 unspecified atom stereocenters. The molecular weight excluding hydrogens is 312 g/mol. The van der Waals surface area contributed by atoms with Gasteiger partial charge in [-0.25, -0.2) is 8.42 Å². The monoisotopic (exact) mass is 330 g/mol. The van der Waals surface area contributed by atoms with E-state index < -0.39 is 15.8 Å². The van der Waals surface area contributed by atoms with E-state index in [1.54, 1.807) is 12.2 Å². The molecule has 5 heteroatoms. The molecule has 2 rings (SSSR count). The van der Waals surface area contributed by atoms with Gasteiger partial charge in [-0.1, -0.05) is 60.7 Å². The van der Waals surface area contributed by atoms with E-state index in [2.05, 4.69) is 0 Å². The van der Waals surface area contributed by atoms with Crippen LogP contribution in [0.15, 0.2) is 71.5 Å². The van der Waals surface area contributed by atoms with Crippen molar-refractivity contribution in [2.24, 2.45) is 0 Å². The molecule has 0 aromatic heterocycles. The number of carboxylic acid groups (broad SMARTS) is 1. The van der Waals surface area contributed by atoms with E-state index in [1.165, 1.54) is 10.8 Å². The molecule has 0 spiro atoms. The lowest BCUT2D eigenvalue weighted by atomic mass is 10.2. The Morgan fingerprint density at radius 2 is 1.13 bits per heavy atom. The van der Waals surface area contributed by atoms with Gasteiger partial charge in [-0.2, -0.15) is 0 Å². The fourth-order valence-electron chi connectivity index (χ4n) is 1.52. The molecule has 0 aliphatic rings. The minimum absolute atomic E-state index is 0.833. The number of carboxylic acids is 1. The summed E-state index contributed by atoms with van der Waals surface area (Å²) >= 11 is 0. The van der Waals surface area contributed by atoms with E-state index in [4.69, 9.17) is 9.90 Å². The molecule has 0 heterocycles. The Bertz CT molecular complexity index is 702. The molecule has 0 bridgehead atoms. The number of sulfone groups is 1. The van der Waals surface area contributed by atoms with Gasteiger partial charge >= 0.3 is 0 Å². The second kappa shape index (κ2) is 9.38. The van der Waals surface area contributed by atoms with Crippen molar-refractivity contribution in [2.45, 2.75) is 6.92 Å². The minimum atomic E-state index is -3.34. The smallest absolute Gasteiger partial charge is 0.300 e. The number of hydrogen-bond donors (Lipinski definition) is 1. The van der Waals surface area contributed by atoms with Gasteiger partial charge in [-0.15, -0.1) is 0 Å². The predicted octanol–water partition coefficient (Wildman–Crippen LogP) is 3.83. The Morgan fingerprint density at radius 3 is 1.43 bits per heavy atom. The first kappa shape index (κ1) is 18.4. The van der Waals surface area contributed by atoms with E-state index in [0.717, 1.165) is 18.1 Å². The Hall–Kier alpha value is -2.66. The van der Waals surface area contributed by atoms with E-state index >= 15 is 0 Å². The molecule has 0 aliphatic heterocycles. The van der Waals surface area contributed by atoms with Crippen molar-refractivity contribution in [3.8, 4) is 0 Å². The third-order valence-electron chi connectivity index (χ3n) is 2.50. The van der Waals surface area contributed by atoms with Gasteiger partial charge in [0, 0.05) is 17.7 Å². The van der Waals surface area contributed by atoms with Crippen LogP contribution in [0.1, 0.15) is 18.1 Å². The van der Waals surface area contributed by atoms with Crippen molar-refractivity contribution < 1.29 is 18.3 Å². The maximum atomic E-state index is 11.8. The van der Waals surface area contributed by atoms with Crippen molar-refractivity contribution in [3.63, 3.8) is 0 Å². The summed E-state index contributed by atoms with van der Waals surface area (Å²) in [5, 5.41) is 9.84. The summed E-state index contributed by atoms with van der Waals surface area (Å²) in [7, 11) is -3.34. The number of aliphatic carboxylic acids is 1. The zero-order valence-electron chi connectivity index (χ0n) is 12.7. The Balaban J connectivity index is 0.000000593. The summed E-state index contributed by atoms with van der Waals surface area (Å²) in [6.45, 7) is 1.08. The third-order valence-corrected chi connectivity index (χ3v) is 3.53. The van der Waals surface area contributed by atoms with Crippen molar-refractivity contribution >= 4 is 28.0 Å². The van der Waals surface area contributed by atoms with Gasteiger partial charge in [-0.05, 0) is 23.3 Å². The van der Waals surface area contributed by atoms with Gasteiger partial charge in [0.15, 0.2) is 9.84 Å². The molecule has 1 N–H and O–H groups in total. The summed E-state index contributed by atoms with van der Waals surface area (Å²) in [5.74, 6) is -0.833. The van der Waals surface area contributed by atoms with E-state index in [1.807, 2.05) is 60.7 Å². The molecule has 4 nitrogen and oxygen atoms in total. The molecule has 23 heavy (non-hydrogen) atoms. The van der Waals surface area contributed by atoms with E-state index in [9.17, 15) is 8.42 Å². The molecule has 0 saturated heterocycles. The molecule has 120 valence electrons. The standard InChI is InChI=1S/C16H14O2S.C2H4O2/c17-19(18,13-11-15-7-3-1-4-8-15)14-12-16-9-5-2-6-10-16;1-2(3)4/h1-14H;1H3,(H,3,4)/b13-11-,14-12-;. The molecule has 0 saturated carbocycles. The Kier molecular flexibility index (Phi) is 7.50. The zero-order chi connectivity index (χ0) is 17.1.